The molecule has 0 heterocycles. The van der Waals surface area contributed by atoms with E-state index in [9.17, 15) is 13.6 Å². The lowest BCUT2D eigenvalue weighted by Crippen LogP contribution is -2.17. The van der Waals surface area contributed by atoms with Gasteiger partial charge in [0.05, 0.1) is 0 Å². The van der Waals surface area contributed by atoms with Crippen LogP contribution in [-0.2, 0) is 12.8 Å². The third-order valence-corrected chi connectivity index (χ3v) is 4.13. The summed E-state index contributed by atoms with van der Waals surface area (Å²) in [4.78, 5) is 12.6. The maximum Gasteiger partial charge on any atom is 0.166 e. The van der Waals surface area contributed by atoms with Crippen LogP contribution in [0.3, 0.4) is 0 Å². The first-order valence-electron chi connectivity index (χ1n) is 7.21. The Morgan fingerprint density at radius 1 is 1.10 bits per heavy atom. The molecule has 0 amide bonds. The Kier molecular flexibility index (Phi) is 3.82. The zero-order valence-electron chi connectivity index (χ0n) is 11.6. The Morgan fingerprint density at radius 2 is 1.90 bits per heavy atom. The summed E-state index contributed by atoms with van der Waals surface area (Å²) in [7, 11) is 0. The molecule has 0 fully saturated rings. The number of carbonyl (C=O) groups is 1. The SMILES string of the molecule is O=C1c2ccccc2CCCC1Cc1ccc(F)cc1F. The van der Waals surface area contributed by atoms with E-state index >= 15 is 0 Å². The first-order valence-corrected chi connectivity index (χ1v) is 7.21. The predicted octanol–water partition coefficient (Wildman–Crippen LogP) is 4.34. The molecule has 3 heteroatoms. The van der Waals surface area contributed by atoms with Gasteiger partial charge in [-0.3, -0.25) is 4.79 Å². The van der Waals surface area contributed by atoms with E-state index in [1.807, 2.05) is 24.3 Å². The lowest BCUT2D eigenvalue weighted by Gasteiger charge is -2.14. The van der Waals surface area contributed by atoms with Crippen molar-refractivity contribution in [2.45, 2.75) is 25.7 Å². The minimum Gasteiger partial charge on any atom is -0.294 e. The Balaban J connectivity index is 1.87. The van der Waals surface area contributed by atoms with Crippen molar-refractivity contribution in [3.8, 4) is 0 Å². The van der Waals surface area contributed by atoms with E-state index < -0.39 is 11.6 Å². The van der Waals surface area contributed by atoms with Crippen molar-refractivity contribution in [2.24, 2.45) is 5.92 Å². The van der Waals surface area contributed by atoms with Crippen molar-refractivity contribution in [2.75, 3.05) is 0 Å². The molecule has 108 valence electrons. The number of carbonyl (C=O) groups excluding carboxylic acids is 1. The summed E-state index contributed by atoms with van der Waals surface area (Å²) in [6, 6.07) is 11.2. The van der Waals surface area contributed by atoms with Gasteiger partial charge in [-0.05, 0) is 42.9 Å². The monoisotopic (exact) mass is 286 g/mol. The summed E-state index contributed by atoms with van der Waals surface area (Å²) in [6.45, 7) is 0. The molecule has 2 aromatic rings. The smallest absolute Gasteiger partial charge is 0.166 e. The number of Topliss-reactive ketones (excluding diaryl/α,β-unsaturated/α-hetero) is 1. The summed E-state index contributed by atoms with van der Waals surface area (Å²) in [6.07, 6.45) is 2.87. The quantitative estimate of drug-likeness (QED) is 0.750. The number of ketones is 1. The minimum absolute atomic E-state index is 0.0758. The second-order valence-electron chi connectivity index (χ2n) is 5.55. The van der Waals surface area contributed by atoms with Crippen LogP contribution in [-0.4, -0.2) is 5.78 Å². The van der Waals surface area contributed by atoms with Crippen LogP contribution in [0.2, 0.25) is 0 Å². The van der Waals surface area contributed by atoms with Gasteiger partial charge >= 0.3 is 0 Å². The number of hydrogen-bond acceptors (Lipinski definition) is 1. The summed E-state index contributed by atoms with van der Waals surface area (Å²) >= 11 is 0. The maximum atomic E-state index is 13.8. The van der Waals surface area contributed by atoms with Crippen molar-refractivity contribution in [1.82, 2.24) is 0 Å². The number of hydrogen-bond donors (Lipinski definition) is 0. The standard InChI is InChI=1S/C18H16F2O/c19-15-9-8-13(17(20)11-15)10-14-6-3-5-12-4-1-2-7-16(12)18(14)21/h1-2,4,7-9,11,14H,3,5-6,10H2. The second kappa shape index (κ2) is 5.76. The van der Waals surface area contributed by atoms with E-state index in [-0.39, 0.29) is 11.7 Å². The summed E-state index contributed by atoms with van der Waals surface area (Å²) in [5, 5.41) is 0. The van der Waals surface area contributed by atoms with Gasteiger partial charge in [-0.15, -0.1) is 0 Å². The van der Waals surface area contributed by atoms with Crippen LogP contribution in [0.5, 0.6) is 0 Å². The van der Waals surface area contributed by atoms with Crippen molar-refractivity contribution in [3.63, 3.8) is 0 Å². The van der Waals surface area contributed by atoms with Gasteiger partial charge in [0.25, 0.3) is 0 Å². The minimum atomic E-state index is -0.589. The molecule has 1 atom stereocenters. The van der Waals surface area contributed by atoms with Crippen LogP contribution >= 0.6 is 0 Å². The number of fused-ring (bicyclic) bond motifs is 1. The molecule has 3 rings (SSSR count). The molecule has 0 saturated carbocycles. The molecule has 0 aliphatic heterocycles. The molecule has 0 bridgehead atoms. The average molecular weight is 286 g/mol. The van der Waals surface area contributed by atoms with Crippen molar-refractivity contribution in [1.29, 1.82) is 0 Å². The topological polar surface area (TPSA) is 17.1 Å². The molecule has 0 aromatic heterocycles. The van der Waals surface area contributed by atoms with Crippen LogP contribution in [0.4, 0.5) is 8.78 Å². The zero-order valence-corrected chi connectivity index (χ0v) is 11.6. The molecule has 1 aliphatic rings. The maximum absolute atomic E-state index is 13.8. The van der Waals surface area contributed by atoms with Gasteiger partial charge in [0.1, 0.15) is 11.6 Å². The van der Waals surface area contributed by atoms with Gasteiger partial charge in [0.15, 0.2) is 5.78 Å². The Bertz CT molecular complexity index is 679. The lowest BCUT2D eigenvalue weighted by molar-refractivity contribution is 0.0915. The fourth-order valence-corrected chi connectivity index (χ4v) is 3.02. The van der Waals surface area contributed by atoms with Crippen molar-refractivity contribution in [3.05, 3.63) is 70.8 Å². The lowest BCUT2D eigenvalue weighted by atomic mass is 9.89. The largest absolute Gasteiger partial charge is 0.294 e. The van der Waals surface area contributed by atoms with Crippen molar-refractivity contribution < 1.29 is 13.6 Å². The highest BCUT2D eigenvalue weighted by Crippen LogP contribution is 2.27. The summed E-state index contributed by atoms with van der Waals surface area (Å²) in [5.41, 5.74) is 2.24. The second-order valence-corrected chi connectivity index (χ2v) is 5.55. The number of halogens is 2. The molecule has 21 heavy (non-hydrogen) atoms. The number of rotatable bonds is 2. The van der Waals surface area contributed by atoms with Gasteiger partial charge in [-0.2, -0.15) is 0 Å². The zero-order chi connectivity index (χ0) is 14.8. The first kappa shape index (κ1) is 13.9. The first-order chi connectivity index (χ1) is 10.1. The molecule has 0 N–H and O–H groups in total. The van der Waals surface area contributed by atoms with Gasteiger partial charge in [-0.1, -0.05) is 30.3 Å². The van der Waals surface area contributed by atoms with E-state index in [0.717, 1.165) is 36.5 Å². The molecule has 1 nitrogen and oxygen atoms in total. The Morgan fingerprint density at radius 3 is 2.71 bits per heavy atom. The molecular weight excluding hydrogens is 270 g/mol. The highest BCUT2D eigenvalue weighted by atomic mass is 19.1. The predicted molar refractivity (Wildman–Crippen MR) is 77.3 cm³/mol. The average Bonchev–Trinajstić information content (AvgIpc) is 2.63. The van der Waals surface area contributed by atoms with Crippen LogP contribution in [0, 0.1) is 17.6 Å². The Labute approximate surface area is 122 Å². The number of aryl methyl sites for hydroxylation is 1. The third kappa shape index (κ3) is 2.87. The number of benzene rings is 2. The van der Waals surface area contributed by atoms with Gasteiger partial charge in [0.2, 0.25) is 0 Å². The van der Waals surface area contributed by atoms with Crippen LogP contribution in [0.15, 0.2) is 42.5 Å². The highest BCUT2D eigenvalue weighted by molar-refractivity contribution is 5.99. The summed E-state index contributed by atoms with van der Waals surface area (Å²) in [5.74, 6) is -1.31. The van der Waals surface area contributed by atoms with Crippen molar-refractivity contribution >= 4 is 5.78 Å². The van der Waals surface area contributed by atoms with E-state index in [2.05, 4.69) is 0 Å². The molecule has 1 aliphatic carbocycles. The molecule has 0 radical (unpaired) electrons. The molecule has 2 aromatic carbocycles. The van der Waals surface area contributed by atoms with Crippen LogP contribution in [0.25, 0.3) is 0 Å². The normalized spacial score (nSPS) is 18.2. The molecule has 0 saturated heterocycles. The van der Waals surface area contributed by atoms with Crippen LogP contribution in [0.1, 0.15) is 34.3 Å². The van der Waals surface area contributed by atoms with E-state index in [4.69, 9.17) is 0 Å². The molecule has 0 spiro atoms. The van der Waals surface area contributed by atoms with E-state index in [0.29, 0.717) is 12.0 Å². The summed E-state index contributed by atoms with van der Waals surface area (Å²) < 4.78 is 26.7. The molecule has 1 unspecified atom stereocenters. The fraction of sp³-hybridized carbons (Fsp3) is 0.278. The Hall–Kier alpha value is -2.03. The third-order valence-electron chi connectivity index (χ3n) is 4.13. The van der Waals surface area contributed by atoms with E-state index in [1.165, 1.54) is 12.1 Å². The van der Waals surface area contributed by atoms with Gasteiger partial charge < -0.3 is 0 Å². The van der Waals surface area contributed by atoms with E-state index in [1.54, 1.807) is 0 Å². The highest BCUT2D eigenvalue weighted by Gasteiger charge is 2.26. The van der Waals surface area contributed by atoms with Crippen LogP contribution < -0.4 is 0 Å². The fourth-order valence-electron chi connectivity index (χ4n) is 3.02. The van der Waals surface area contributed by atoms with Gasteiger partial charge in [-0.25, -0.2) is 8.78 Å². The molecular formula is C18H16F2O. The van der Waals surface area contributed by atoms with Gasteiger partial charge in [0, 0.05) is 17.5 Å².